The van der Waals surface area contributed by atoms with Gasteiger partial charge in [0.2, 0.25) is 5.91 Å². The molecule has 4 heteroatoms. The van der Waals surface area contributed by atoms with Crippen molar-refractivity contribution < 1.29 is 4.79 Å². The number of nitrogens with two attached hydrogens (primary N) is 1. The Morgan fingerprint density at radius 3 is 2.41 bits per heavy atom. The average molecular weight is 241 g/mol. The molecule has 0 bridgehead atoms. The number of carbonyl (C=O) groups is 1. The highest BCUT2D eigenvalue weighted by molar-refractivity contribution is 5.78. The molecule has 0 heterocycles. The normalized spacial score (nSPS) is 19.6. The second-order valence-corrected chi connectivity index (χ2v) is 5.57. The van der Waals surface area contributed by atoms with E-state index in [4.69, 9.17) is 5.73 Å². The van der Waals surface area contributed by atoms with E-state index in [1.54, 1.807) is 0 Å². The lowest BCUT2D eigenvalue weighted by Crippen LogP contribution is -2.56. The number of hydrogen-bond acceptors (Lipinski definition) is 3. The molecule has 0 aliphatic heterocycles. The van der Waals surface area contributed by atoms with E-state index in [0.29, 0.717) is 13.1 Å². The van der Waals surface area contributed by atoms with Gasteiger partial charge in [-0.25, -0.2) is 0 Å². The maximum atomic E-state index is 11.8. The van der Waals surface area contributed by atoms with Crippen LogP contribution in [0.3, 0.4) is 0 Å². The molecule has 0 spiro atoms. The van der Waals surface area contributed by atoms with Crippen molar-refractivity contribution in [3.8, 4) is 0 Å². The molecule has 0 atom stereocenters. The molecule has 1 aliphatic rings. The summed E-state index contributed by atoms with van der Waals surface area (Å²) in [5.74, 6) is 0.0981. The van der Waals surface area contributed by atoms with E-state index in [2.05, 4.69) is 10.2 Å². The first-order valence-electron chi connectivity index (χ1n) is 6.71. The number of nitrogens with zero attached hydrogens (tertiary/aromatic N) is 1. The van der Waals surface area contributed by atoms with Crippen LogP contribution in [0.5, 0.6) is 0 Å². The Morgan fingerprint density at radius 2 is 1.94 bits per heavy atom. The van der Waals surface area contributed by atoms with E-state index in [0.717, 1.165) is 12.8 Å². The zero-order valence-electron chi connectivity index (χ0n) is 11.5. The highest BCUT2D eigenvalue weighted by Gasteiger charge is 2.35. The molecule has 0 saturated heterocycles. The fourth-order valence-electron chi connectivity index (χ4n) is 2.70. The van der Waals surface area contributed by atoms with Gasteiger partial charge >= 0.3 is 0 Å². The van der Waals surface area contributed by atoms with Gasteiger partial charge < -0.3 is 11.1 Å². The molecule has 1 saturated carbocycles. The highest BCUT2D eigenvalue weighted by atomic mass is 16.2. The molecule has 0 aromatic rings. The van der Waals surface area contributed by atoms with Crippen LogP contribution >= 0.6 is 0 Å². The number of likely N-dealkylation sites (N-methyl/N-ethyl adjacent to an activating group) is 1. The molecule has 0 aromatic carbocycles. The summed E-state index contributed by atoms with van der Waals surface area (Å²) in [6.45, 7) is 5.07. The molecule has 1 fully saturated rings. The van der Waals surface area contributed by atoms with E-state index in [1.807, 2.05) is 20.9 Å². The first kappa shape index (κ1) is 14.5. The van der Waals surface area contributed by atoms with Gasteiger partial charge in [0.25, 0.3) is 0 Å². The van der Waals surface area contributed by atoms with Crippen LogP contribution in [-0.4, -0.2) is 42.5 Å². The zero-order valence-corrected chi connectivity index (χ0v) is 11.5. The summed E-state index contributed by atoms with van der Waals surface area (Å²) >= 11 is 0. The molecule has 100 valence electrons. The lowest BCUT2D eigenvalue weighted by molar-refractivity contribution is -0.124. The van der Waals surface area contributed by atoms with Crippen LogP contribution < -0.4 is 11.1 Å². The minimum Gasteiger partial charge on any atom is -0.353 e. The molecule has 1 rings (SSSR count). The minimum absolute atomic E-state index is 0.0482. The fourth-order valence-corrected chi connectivity index (χ4v) is 2.70. The van der Waals surface area contributed by atoms with Gasteiger partial charge in [-0.15, -0.1) is 0 Å². The monoisotopic (exact) mass is 241 g/mol. The minimum atomic E-state index is 0.0482. The Bertz CT molecular complexity index is 247. The van der Waals surface area contributed by atoms with Gasteiger partial charge in [0, 0.05) is 18.1 Å². The summed E-state index contributed by atoms with van der Waals surface area (Å²) in [4.78, 5) is 13.9. The summed E-state index contributed by atoms with van der Waals surface area (Å²) < 4.78 is 0. The Labute approximate surface area is 105 Å². The number of hydrogen-bond donors (Lipinski definition) is 2. The van der Waals surface area contributed by atoms with Gasteiger partial charge in [-0.1, -0.05) is 19.3 Å². The van der Waals surface area contributed by atoms with Crippen molar-refractivity contribution in [3.63, 3.8) is 0 Å². The number of carbonyl (C=O) groups excluding carboxylic acids is 1. The van der Waals surface area contributed by atoms with Crippen molar-refractivity contribution in [3.05, 3.63) is 0 Å². The lowest BCUT2D eigenvalue weighted by Gasteiger charge is -2.43. The smallest absolute Gasteiger partial charge is 0.234 e. The molecule has 0 unspecified atom stereocenters. The maximum absolute atomic E-state index is 11.8. The van der Waals surface area contributed by atoms with Crippen molar-refractivity contribution in [1.82, 2.24) is 10.2 Å². The Morgan fingerprint density at radius 1 is 1.35 bits per heavy atom. The summed E-state index contributed by atoms with van der Waals surface area (Å²) in [6, 6.07) is 0.205. The topological polar surface area (TPSA) is 58.4 Å². The van der Waals surface area contributed by atoms with Crippen molar-refractivity contribution in [1.29, 1.82) is 0 Å². The van der Waals surface area contributed by atoms with Crippen LogP contribution in [0.25, 0.3) is 0 Å². The van der Waals surface area contributed by atoms with Crippen molar-refractivity contribution >= 4 is 5.91 Å². The van der Waals surface area contributed by atoms with Gasteiger partial charge in [0.15, 0.2) is 0 Å². The molecule has 0 aromatic heterocycles. The van der Waals surface area contributed by atoms with Crippen LogP contribution in [0.2, 0.25) is 0 Å². The van der Waals surface area contributed by atoms with Crippen LogP contribution in [0.1, 0.15) is 46.0 Å². The largest absolute Gasteiger partial charge is 0.353 e. The number of amides is 1. The molecule has 17 heavy (non-hydrogen) atoms. The molecular formula is C13H27N3O. The van der Waals surface area contributed by atoms with Crippen molar-refractivity contribution in [2.24, 2.45) is 5.73 Å². The third kappa shape index (κ3) is 3.96. The Kier molecular flexibility index (Phi) is 5.40. The van der Waals surface area contributed by atoms with E-state index in [-0.39, 0.29) is 17.5 Å². The van der Waals surface area contributed by atoms with Crippen molar-refractivity contribution in [2.75, 3.05) is 20.1 Å². The van der Waals surface area contributed by atoms with Crippen LogP contribution in [0.4, 0.5) is 0 Å². The van der Waals surface area contributed by atoms with Gasteiger partial charge in [0.1, 0.15) is 0 Å². The van der Waals surface area contributed by atoms with Gasteiger partial charge in [-0.05, 0) is 33.7 Å². The van der Waals surface area contributed by atoms with E-state index < -0.39 is 0 Å². The summed E-state index contributed by atoms with van der Waals surface area (Å²) in [5, 5.41) is 2.93. The van der Waals surface area contributed by atoms with Crippen LogP contribution in [-0.2, 0) is 4.79 Å². The second-order valence-electron chi connectivity index (χ2n) is 5.57. The summed E-state index contributed by atoms with van der Waals surface area (Å²) in [7, 11) is 2.03. The number of rotatable bonds is 5. The molecule has 1 aliphatic carbocycles. The molecular weight excluding hydrogens is 214 g/mol. The predicted molar refractivity (Wildman–Crippen MR) is 70.8 cm³/mol. The average Bonchev–Trinajstić information content (AvgIpc) is 2.28. The predicted octanol–water partition coefficient (Wildman–Crippen LogP) is 1.10. The molecule has 1 amide bonds. The lowest BCUT2D eigenvalue weighted by atomic mass is 9.80. The first-order valence-corrected chi connectivity index (χ1v) is 6.71. The van der Waals surface area contributed by atoms with Crippen LogP contribution in [0, 0.1) is 0 Å². The first-order chi connectivity index (χ1) is 8.00. The van der Waals surface area contributed by atoms with E-state index in [9.17, 15) is 4.79 Å². The quantitative estimate of drug-likeness (QED) is 0.758. The van der Waals surface area contributed by atoms with Gasteiger partial charge in [-0.2, -0.15) is 0 Å². The molecule has 3 N–H and O–H groups in total. The highest BCUT2D eigenvalue weighted by Crippen LogP contribution is 2.31. The zero-order chi connectivity index (χ0) is 12.9. The Balaban J connectivity index is 2.53. The summed E-state index contributed by atoms with van der Waals surface area (Å²) in [5.41, 5.74) is 5.99. The third-order valence-corrected chi connectivity index (χ3v) is 3.80. The van der Waals surface area contributed by atoms with Crippen molar-refractivity contribution in [2.45, 2.75) is 57.5 Å². The van der Waals surface area contributed by atoms with Gasteiger partial charge in [0.05, 0.1) is 6.54 Å². The Hall–Kier alpha value is -0.610. The summed E-state index contributed by atoms with van der Waals surface area (Å²) in [6.07, 6.45) is 6.00. The maximum Gasteiger partial charge on any atom is 0.234 e. The van der Waals surface area contributed by atoms with Crippen LogP contribution in [0.15, 0.2) is 0 Å². The SMILES string of the molecule is CC(C)NC(=O)CN(C)C1(CN)CCCCC1. The second kappa shape index (κ2) is 6.36. The fraction of sp³-hybridized carbons (Fsp3) is 0.923. The molecule has 4 nitrogen and oxygen atoms in total. The van der Waals surface area contributed by atoms with E-state index >= 15 is 0 Å². The van der Waals surface area contributed by atoms with E-state index in [1.165, 1.54) is 19.3 Å². The third-order valence-electron chi connectivity index (χ3n) is 3.80. The van der Waals surface area contributed by atoms with Gasteiger partial charge in [-0.3, -0.25) is 9.69 Å². The number of nitrogens with one attached hydrogen (secondary N) is 1. The molecule has 0 radical (unpaired) electrons. The standard InChI is InChI=1S/C13H27N3O/c1-11(2)15-12(17)9-16(3)13(10-14)7-5-4-6-8-13/h11H,4-10,14H2,1-3H3,(H,15,17).